The van der Waals surface area contributed by atoms with Gasteiger partial charge in [0.1, 0.15) is 17.3 Å². The van der Waals surface area contributed by atoms with Crippen LogP contribution in [0.15, 0.2) is 30.3 Å². The molecule has 6 heteroatoms. The van der Waals surface area contributed by atoms with E-state index in [0.29, 0.717) is 23.4 Å². The molecule has 0 spiro atoms. The third-order valence-electron chi connectivity index (χ3n) is 4.45. The van der Waals surface area contributed by atoms with Gasteiger partial charge in [-0.05, 0) is 46.0 Å². The van der Waals surface area contributed by atoms with E-state index in [0.717, 1.165) is 37.5 Å². The van der Waals surface area contributed by atoms with Crippen molar-refractivity contribution in [2.45, 2.75) is 25.8 Å². The van der Waals surface area contributed by atoms with Crippen molar-refractivity contribution in [2.75, 3.05) is 37.8 Å². The Morgan fingerprint density at radius 2 is 1.79 bits per heavy atom. The number of benzene rings is 1. The van der Waals surface area contributed by atoms with Gasteiger partial charge in [0.2, 0.25) is 5.88 Å². The van der Waals surface area contributed by atoms with Crippen LogP contribution in [0.5, 0.6) is 11.6 Å². The van der Waals surface area contributed by atoms with E-state index in [4.69, 9.17) is 10.5 Å². The van der Waals surface area contributed by atoms with Gasteiger partial charge in [0.05, 0.1) is 0 Å². The first-order chi connectivity index (χ1) is 11.5. The largest absolute Gasteiger partial charge is 0.437 e. The second-order valence-electron chi connectivity index (χ2n) is 6.41. The highest BCUT2D eigenvalue weighted by molar-refractivity contribution is 5.68. The first-order valence-electron chi connectivity index (χ1n) is 8.33. The van der Waals surface area contributed by atoms with Crippen LogP contribution in [-0.2, 0) is 0 Å². The van der Waals surface area contributed by atoms with Gasteiger partial charge < -0.3 is 20.3 Å². The number of aromatic nitrogens is 2. The summed E-state index contributed by atoms with van der Waals surface area (Å²) >= 11 is 0. The van der Waals surface area contributed by atoms with E-state index in [1.807, 2.05) is 37.3 Å². The lowest BCUT2D eigenvalue weighted by Crippen LogP contribution is -2.42. The molecule has 1 aromatic heterocycles. The molecule has 0 unspecified atom stereocenters. The SMILES string of the molecule is Cc1nc(Oc2ccccc2)c(N)c(N2CCC(N(C)C)CC2)n1. The standard InChI is InChI=1S/C18H25N5O/c1-13-20-17(23-11-9-14(10-12-23)22(2)3)16(19)18(21-13)24-15-7-5-4-6-8-15/h4-8,14H,9-12,19H2,1-3H3. The number of aryl methyl sites for hydroxylation is 1. The molecule has 0 amide bonds. The molecule has 1 aromatic carbocycles. The van der Waals surface area contributed by atoms with E-state index in [2.05, 4.69) is 33.9 Å². The Kier molecular flexibility index (Phi) is 4.85. The second kappa shape index (κ2) is 7.05. The number of para-hydroxylation sites is 1. The smallest absolute Gasteiger partial charge is 0.248 e. The lowest BCUT2D eigenvalue weighted by atomic mass is 10.0. The monoisotopic (exact) mass is 327 g/mol. The molecule has 0 bridgehead atoms. The maximum absolute atomic E-state index is 6.32. The molecule has 0 atom stereocenters. The van der Waals surface area contributed by atoms with Crippen LogP contribution >= 0.6 is 0 Å². The highest BCUT2D eigenvalue weighted by Gasteiger charge is 2.24. The number of nitrogens with zero attached hydrogens (tertiary/aromatic N) is 4. The van der Waals surface area contributed by atoms with Crippen molar-refractivity contribution in [1.29, 1.82) is 0 Å². The zero-order chi connectivity index (χ0) is 17.1. The summed E-state index contributed by atoms with van der Waals surface area (Å²) in [6, 6.07) is 10.2. The van der Waals surface area contributed by atoms with Crippen LogP contribution < -0.4 is 15.4 Å². The summed E-state index contributed by atoms with van der Waals surface area (Å²) in [7, 11) is 4.27. The minimum absolute atomic E-state index is 0.429. The normalized spacial score (nSPS) is 15.8. The van der Waals surface area contributed by atoms with Crippen molar-refractivity contribution in [3.8, 4) is 11.6 Å². The molecule has 0 radical (unpaired) electrons. The fourth-order valence-electron chi connectivity index (χ4n) is 3.05. The number of rotatable bonds is 4. The molecular weight excluding hydrogens is 302 g/mol. The highest BCUT2D eigenvalue weighted by Crippen LogP contribution is 2.33. The van der Waals surface area contributed by atoms with Crippen molar-refractivity contribution >= 4 is 11.5 Å². The average Bonchev–Trinajstić information content (AvgIpc) is 2.59. The second-order valence-corrected chi connectivity index (χ2v) is 6.41. The highest BCUT2D eigenvalue weighted by atomic mass is 16.5. The Hall–Kier alpha value is -2.34. The fraction of sp³-hybridized carbons (Fsp3) is 0.444. The number of hydrogen-bond donors (Lipinski definition) is 1. The van der Waals surface area contributed by atoms with Gasteiger partial charge in [-0.2, -0.15) is 4.98 Å². The van der Waals surface area contributed by atoms with E-state index in [-0.39, 0.29) is 0 Å². The molecule has 1 aliphatic rings. The summed E-state index contributed by atoms with van der Waals surface area (Å²) in [6.07, 6.45) is 2.20. The predicted octanol–water partition coefficient (Wildman–Crippen LogP) is 2.69. The van der Waals surface area contributed by atoms with Crippen molar-refractivity contribution in [3.63, 3.8) is 0 Å². The van der Waals surface area contributed by atoms with Gasteiger partial charge in [0.25, 0.3) is 0 Å². The van der Waals surface area contributed by atoms with Crippen LogP contribution in [0.3, 0.4) is 0 Å². The van der Waals surface area contributed by atoms with Crippen LogP contribution in [0.1, 0.15) is 18.7 Å². The lowest BCUT2D eigenvalue weighted by molar-refractivity contribution is 0.249. The van der Waals surface area contributed by atoms with Gasteiger partial charge in [0, 0.05) is 19.1 Å². The van der Waals surface area contributed by atoms with Crippen LogP contribution in [0.25, 0.3) is 0 Å². The Labute approximate surface area is 143 Å². The van der Waals surface area contributed by atoms with Crippen LogP contribution in [0.2, 0.25) is 0 Å². The minimum Gasteiger partial charge on any atom is -0.437 e. The molecule has 24 heavy (non-hydrogen) atoms. The van der Waals surface area contributed by atoms with Gasteiger partial charge in [-0.1, -0.05) is 18.2 Å². The number of nitrogens with two attached hydrogens (primary N) is 1. The van der Waals surface area contributed by atoms with Gasteiger partial charge in [-0.15, -0.1) is 0 Å². The first-order valence-corrected chi connectivity index (χ1v) is 8.33. The van der Waals surface area contributed by atoms with Crippen LogP contribution in [-0.4, -0.2) is 48.1 Å². The number of hydrogen-bond acceptors (Lipinski definition) is 6. The molecule has 2 heterocycles. The summed E-state index contributed by atoms with van der Waals surface area (Å²) in [6.45, 7) is 3.75. The molecular formula is C18H25N5O. The Balaban J connectivity index is 1.82. The molecule has 0 saturated carbocycles. The van der Waals surface area contributed by atoms with E-state index in [1.165, 1.54) is 0 Å². The summed E-state index contributed by atoms with van der Waals surface area (Å²) in [5.74, 6) is 2.60. The molecule has 0 aliphatic carbocycles. The maximum atomic E-state index is 6.32. The van der Waals surface area contributed by atoms with Crippen LogP contribution in [0, 0.1) is 6.92 Å². The van der Waals surface area contributed by atoms with Gasteiger partial charge in [-0.3, -0.25) is 0 Å². The maximum Gasteiger partial charge on any atom is 0.248 e. The number of anilines is 2. The zero-order valence-corrected chi connectivity index (χ0v) is 14.6. The van der Waals surface area contributed by atoms with Crippen molar-refractivity contribution < 1.29 is 4.74 Å². The molecule has 1 aliphatic heterocycles. The van der Waals surface area contributed by atoms with Crippen molar-refractivity contribution in [1.82, 2.24) is 14.9 Å². The molecule has 6 nitrogen and oxygen atoms in total. The molecule has 128 valence electrons. The van der Waals surface area contributed by atoms with E-state index in [9.17, 15) is 0 Å². The van der Waals surface area contributed by atoms with Gasteiger partial charge in [0.15, 0.2) is 5.82 Å². The fourth-order valence-corrected chi connectivity index (χ4v) is 3.05. The quantitative estimate of drug-likeness (QED) is 0.931. The molecule has 2 N–H and O–H groups in total. The molecule has 1 fully saturated rings. The van der Waals surface area contributed by atoms with Gasteiger partial charge in [-0.25, -0.2) is 4.98 Å². The summed E-state index contributed by atoms with van der Waals surface area (Å²) < 4.78 is 5.87. The third kappa shape index (κ3) is 3.59. The average molecular weight is 327 g/mol. The van der Waals surface area contributed by atoms with Gasteiger partial charge >= 0.3 is 0 Å². The Morgan fingerprint density at radius 3 is 2.42 bits per heavy atom. The molecule has 2 aromatic rings. The first kappa shape index (κ1) is 16.5. The zero-order valence-electron chi connectivity index (χ0n) is 14.6. The molecule has 3 rings (SSSR count). The summed E-state index contributed by atoms with van der Waals surface area (Å²) in [5.41, 5.74) is 6.83. The Morgan fingerprint density at radius 1 is 1.12 bits per heavy atom. The van der Waals surface area contributed by atoms with Crippen LogP contribution in [0.4, 0.5) is 11.5 Å². The number of piperidine rings is 1. The topological polar surface area (TPSA) is 67.5 Å². The summed E-state index contributed by atoms with van der Waals surface area (Å²) in [4.78, 5) is 13.5. The summed E-state index contributed by atoms with van der Waals surface area (Å²) in [5, 5.41) is 0. The predicted molar refractivity (Wildman–Crippen MR) is 96.6 cm³/mol. The van der Waals surface area contributed by atoms with E-state index >= 15 is 0 Å². The lowest BCUT2D eigenvalue weighted by Gasteiger charge is -2.36. The Bertz CT molecular complexity index is 681. The molecule has 1 saturated heterocycles. The third-order valence-corrected chi connectivity index (χ3v) is 4.45. The number of ether oxygens (including phenoxy) is 1. The minimum atomic E-state index is 0.429. The van der Waals surface area contributed by atoms with Crippen molar-refractivity contribution in [2.24, 2.45) is 0 Å². The van der Waals surface area contributed by atoms with E-state index in [1.54, 1.807) is 0 Å². The van der Waals surface area contributed by atoms with Crippen molar-refractivity contribution in [3.05, 3.63) is 36.2 Å². The van der Waals surface area contributed by atoms with E-state index < -0.39 is 0 Å². The number of nitrogen functional groups attached to an aromatic ring is 1.